The minimum absolute atomic E-state index is 0.196. The van der Waals surface area contributed by atoms with E-state index in [1.807, 2.05) is 13.8 Å². The predicted molar refractivity (Wildman–Crippen MR) is 73.6 cm³/mol. The van der Waals surface area contributed by atoms with Crippen molar-refractivity contribution in [2.75, 3.05) is 19.6 Å². The summed E-state index contributed by atoms with van der Waals surface area (Å²) in [4.78, 5) is 2.49. The molecular weight excluding hydrogens is 226 g/mol. The lowest BCUT2D eigenvalue weighted by molar-refractivity contribution is -0.0913. The minimum atomic E-state index is -0.427. The molecule has 2 aliphatic heterocycles. The summed E-state index contributed by atoms with van der Waals surface area (Å²) in [7, 11) is 0. The fraction of sp³-hybridized carbons (Fsp3) is 1.00. The highest BCUT2D eigenvalue weighted by Gasteiger charge is 2.53. The lowest BCUT2D eigenvalue weighted by atomic mass is 9.84. The van der Waals surface area contributed by atoms with E-state index in [4.69, 9.17) is 4.74 Å². The first-order valence-corrected chi connectivity index (χ1v) is 7.14. The molecule has 0 spiro atoms. The van der Waals surface area contributed by atoms with Crippen LogP contribution in [0.3, 0.4) is 0 Å². The standard InChI is InChI=1S/C15H29NO2/c1-13(2)7-8-16(10-13)9-11-12(17)15(5,6)18-14(11,3)4/h11-12,17H,7-10H2,1-6H3. The minimum Gasteiger partial charge on any atom is -0.390 e. The van der Waals surface area contributed by atoms with Crippen molar-refractivity contribution >= 4 is 0 Å². The van der Waals surface area contributed by atoms with Gasteiger partial charge >= 0.3 is 0 Å². The SMILES string of the molecule is CC1(C)CCN(CC2C(O)C(C)(C)OC2(C)C)C1. The molecule has 2 unspecified atom stereocenters. The number of hydrogen-bond donors (Lipinski definition) is 1. The Morgan fingerprint density at radius 2 is 1.72 bits per heavy atom. The lowest BCUT2D eigenvalue weighted by Gasteiger charge is -2.31. The zero-order valence-electron chi connectivity index (χ0n) is 12.8. The number of likely N-dealkylation sites (tertiary alicyclic amines) is 1. The average molecular weight is 255 g/mol. The molecular formula is C15H29NO2. The molecule has 0 saturated carbocycles. The molecule has 2 aliphatic rings. The molecule has 3 nitrogen and oxygen atoms in total. The van der Waals surface area contributed by atoms with Crippen LogP contribution in [0.15, 0.2) is 0 Å². The highest BCUT2D eigenvalue weighted by molar-refractivity contribution is 5.03. The summed E-state index contributed by atoms with van der Waals surface area (Å²) in [5.41, 5.74) is -0.247. The van der Waals surface area contributed by atoms with E-state index in [9.17, 15) is 5.11 Å². The van der Waals surface area contributed by atoms with Gasteiger partial charge in [-0.2, -0.15) is 0 Å². The van der Waals surface area contributed by atoms with Crippen molar-refractivity contribution in [3.05, 3.63) is 0 Å². The normalized spacial score (nSPS) is 38.2. The monoisotopic (exact) mass is 255 g/mol. The van der Waals surface area contributed by atoms with Crippen molar-refractivity contribution in [3.8, 4) is 0 Å². The van der Waals surface area contributed by atoms with Crippen molar-refractivity contribution in [1.82, 2.24) is 4.90 Å². The van der Waals surface area contributed by atoms with Gasteiger partial charge in [-0.25, -0.2) is 0 Å². The van der Waals surface area contributed by atoms with Gasteiger partial charge in [0.25, 0.3) is 0 Å². The Kier molecular flexibility index (Phi) is 3.33. The van der Waals surface area contributed by atoms with Gasteiger partial charge < -0.3 is 14.7 Å². The van der Waals surface area contributed by atoms with Gasteiger partial charge in [-0.15, -0.1) is 0 Å². The second-order valence-corrected chi connectivity index (χ2v) is 8.01. The Morgan fingerprint density at radius 1 is 1.11 bits per heavy atom. The van der Waals surface area contributed by atoms with Crippen LogP contribution in [0.4, 0.5) is 0 Å². The molecule has 0 amide bonds. The summed E-state index contributed by atoms with van der Waals surface area (Å²) in [6.45, 7) is 16.1. The van der Waals surface area contributed by atoms with Crippen LogP contribution in [0.2, 0.25) is 0 Å². The largest absolute Gasteiger partial charge is 0.390 e. The summed E-state index contributed by atoms with van der Waals surface area (Å²) < 4.78 is 6.05. The second kappa shape index (κ2) is 4.19. The van der Waals surface area contributed by atoms with Crippen LogP contribution in [0, 0.1) is 11.3 Å². The maximum absolute atomic E-state index is 10.5. The number of rotatable bonds is 2. The first-order chi connectivity index (χ1) is 8.04. The van der Waals surface area contributed by atoms with Gasteiger partial charge in [0.2, 0.25) is 0 Å². The third kappa shape index (κ3) is 2.59. The van der Waals surface area contributed by atoms with Crippen LogP contribution in [0.5, 0.6) is 0 Å². The Hall–Kier alpha value is -0.120. The molecule has 2 atom stereocenters. The van der Waals surface area contributed by atoms with E-state index >= 15 is 0 Å². The molecule has 2 heterocycles. The van der Waals surface area contributed by atoms with Crippen molar-refractivity contribution < 1.29 is 9.84 Å². The van der Waals surface area contributed by atoms with Gasteiger partial charge in [-0.1, -0.05) is 13.8 Å². The molecule has 0 aromatic rings. The lowest BCUT2D eigenvalue weighted by Crippen LogP contribution is -2.43. The Labute approximate surface area is 112 Å². The van der Waals surface area contributed by atoms with Crippen LogP contribution < -0.4 is 0 Å². The number of nitrogens with zero attached hydrogens (tertiary/aromatic N) is 1. The van der Waals surface area contributed by atoms with Gasteiger partial charge in [0, 0.05) is 19.0 Å². The van der Waals surface area contributed by atoms with Crippen LogP contribution in [0.25, 0.3) is 0 Å². The molecule has 0 aliphatic carbocycles. The van der Waals surface area contributed by atoms with Gasteiger partial charge in [0.05, 0.1) is 17.3 Å². The fourth-order valence-corrected chi connectivity index (χ4v) is 3.66. The molecule has 106 valence electrons. The first-order valence-electron chi connectivity index (χ1n) is 7.14. The van der Waals surface area contributed by atoms with Crippen LogP contribution in [-0.2, 0) is 4.74 Å². The van der Waals surface area contributed by atoms with E-state index in [0.29, 0.717) is 5.41 Å². The van der Waals surface area contributed by atoms with E-state index in [1.165, 1.54) is 6.42 Å². The van der Waals surface area contributed by atoms with Crippen LogP contribution in [-0.4, -0.2) is 46.9 Å². The predicted octanol–water partition coefficient (Wildman–Crippen LogP) is 2.28. The first kappa shape index (κ1) is 14.3. The quantitative estimate of drug-likeness (QED) is 0.821. The number of hydrogen-bond acceptors (Lipinski definition) is 3. The molecule has 0 aromatic carbocycles. The van der Waals surface area contributed by atoms with Crippen LogP contribution in [0.1, 0.15) is 48.0 Å². The molecule has 2 saturated heterocycles. The van der Waals surface area contributed by atoms with Gasteiger partial charge in [-0.05, 0) is 46.1 Å². The molecule has 0 aromatic heterocycles. The molecule has 0 radical (unpaired) electrons. The van der Waals surface area contributed by atoms with Gasteiger partial charge in [0.1, 0.15) is 0 Å². The van der Waals surface area contributed by atoms with Crippen molar-refractivity contribution in [3.63, 3.8) is 0 Å². The molecule has 2 fully saturated rings. The highest BCUT2D eigenvalue weighted by atomic mass is 16.5. The summed E-state index contributed by atoms with van der Waals surface area (Å²) >= 11 is 0. The summed E-state index contributed by atoms with van der Waals surface area (Å²) in [5.74, 6) is 0.196. The summed E-state index contributed by atoms with van der Waals surface area (Å²) in [6, 6.07) is 0. The van der Waals surface area contributed by atoms with E-state index in [0.717, 1.165) is 19.6 Å². The van der Waals surface area contributed by atoms with Crippen molar-refractivity contribution in [2.45, 2.75) is 65.3 Å². The van der Waals surface area contributed by atoms with E-state index in [1.54, 1.807) is 0 Å². The number of ether oxygens (including phenoxy) is 1. The van der Waals surface area contributed by atoms with E-state index < -0.39 is 5.60 Å². The number of aliphatic hydroxyl groups excluding tert-OH is 1. The summed E-state index contributed by atoms with van der Waals surface area (Å²) in [5, 5.41) is 10.5. The highest BCUT2D eigenvalue weighted by Crippen LogP contribution is 2.43. The molecule has 18 heavy (non-hydrogen) atoms. The molecule has 3 heteroatoms. The van der Waals surface area contributed by atoms with Crippen molar-refractivity contribution in [2.24, 2.45) is 11.3 Å². The molecule has 1 N–H and O–H groups in total. The number of aliphatic hydroxyl groups is 1. The van der Waals surface area contributed by atoms with Crippen LogP contribution >= 0.6 is 0 Å². The topological polar surface area (TPSA) is 32.7 Å². The Balaban J connectivity index is 2.05. The Morgan fingerprint density at radius 3 is 2.11 bits per heavy atom. The molecule has 2 rings (SSSR count). The smallest absolute Gasteiger partial charge is 0.0896 e. The van der Waals surface area contributed by atoms with Gasteiger partial charge in [0.15, 0.2) is 0 Å². The third-order valence-corrected chi connectivity index (χ3v) is 4.72. The van der Waals surface area contributed by atoms with E-state index in [-0.39, 0.29) is 17.6 Å². The maximum atomic E-state index is 10.5. The zero-order valence-corrected chi connectivity index (χ0v) is 12.8. The van der Waals surface area contributed by atoms with E-state index in [2.05, 4.69) is 32.6 Å². The van der Waals surface area contributed by atoms with Gasteiger partial charge in [-0.3, -0.25) is 0 Å². The Bertz CT molecular complexity index is 322. The zero-order chi connectivity index (χ0) is 13.8. The maximum Gasteiger partial charge on any atom is 0.0896 e. The second-order valence-electron chi connectivity index (χ2n) is 8.01. The van der Waals surface area contributed by atoms with Crippen molar-refractivity contribution in [1.29, 1.82) is 0 Å². The average Bonchev–Trinajstić information content (AvgIpc) is 2.57. The fourth-order valence-electron chi connectivity index (χ4n) is 3.66. The summed E-state index contributed by atoms with van der Waals surface area (Å²) in [6.07, 6.45) is 0.872. The third-order valence-electron chi connectivity index (χ3n) is 4.72. The molecule has 0 bridgehead atoms.